The molecule has 0 radical (unpaired) electrons. The second-order valence-electron chi connectivity index (χ2n) is 3.73. The Morgan fingerprint density at radius 3 is 2.60 bits per heavy atom. The molecule has 0 aliphatic heterocycles. The summed E-state index contributed by atoms with van der Waals surface area (Å²) >= 11 is 9.13. The number of pyridine rings is 1. The first-order valence-electron chi connectivity index (χ1n) is 5.33. The van der Waals surface area contributed by atoms with Crippen LogP contribution in [0.2, 0.25) is 5.02 Å². The maximum absolute atomic E-state index is 12.2. The van der Waals surface area contributed by atoms with E-state index in [4.69, 9.17) is 17.4 Å². The molecule has 0 aliphatic rings. The molecule has 0 saturated heterocycles. The Kier molecular flexibility index (Phi) is 4.48. The lowest BCUT2D eigenvalue weighted by atomic mass is 10.3. The van der Waals surface area contributed by atoms with E-state index in [-0.39, 0.29) is 15.7 Å². The van der Waals surface area contributed by atoms with Crippen molar-refractivity contribution in [3.05, 3.63) is 46.0 Å². The van der Waals surface area contributed by atoms with E-state index in [1.807, 2.05) is 0 Å². The zero-order chi connectivity index (χ0) is 14.8. The molecular formula is C11H10BrClN4O2S. The molecule has 0 bridgehead atoms. The van der Waals surface area contributed by atoms with Crippen LogP contribution in [0.1, 0.15) is 0 Å². The van der Waals surface area contributed by atoms with Gasteiger partial charge in [0.25, 0.3) is 10.0 Å². The second kappa shape index (κ2) is 5.96. The lowest BCUT2D eigenvalue weighted by molar-refractivity contribution is 0.601. The number of hydrogen-bond acceptors (Lipinski definition) is 5. The molecule has 2 aromatic rings. The van der Waals surface area contributed by atoms with Crippen molar-refractivity contribution in [3.63, 3.8) is 0 Å². The van der Waals surface area contributed by atoms with Crippen LogP contribution in [-0.2, 0) is 10.0 Å². The van der Waals surface area contributed by atoms with Crippen molar-refractivity contribution in [1.29, 1.82) is 0 Å². The second-order valence-corrected chi connectivity index (χ2v) is 6.68. The molecule has 9 heteroatoms. The first-order chi connectivity index (χ1) is 9.44. The first-order valence-corrected chi connectivity index (χ1v) is 7.99. The highest BCUT2D eigenvalue weighted by molar-refractivity contribution is 9.10. The number of anilines is 2. The Hall–Kier alpha value is -1.35. The van der Waals surface area contributed by atoms with Gasteiger partial charge in [-0.2, -0.15) is 0 Å². The molecule has 0 aliphatic carbocycles. The summed E-state index contributed by atoms with van der Waals surface area (Å²) in [6.07, 6.45) is 1.17. The summed E-state index contributed by atoms with van der Waals surface area (Å²) < 4.78 is 27.5. The van der Waals surface area contributed by atoms with Crippen LogP contribution in [0.25, 0.3) is 0 Å². The van der Waals surface area contributed by atoms with Gasteiger partial charge in [0.1, 0.15) is 4.90 Å². The molecule has 0 amide bonds. The van der Waals surface area contributed by atoms with Gasteiger partial charge in [0, 0.05) is 10.7 Å². The van der Waals surface area contributed by atoms with Crippen LogP contribution in [0, 0.1) is 0 Å². The van der Waals surface area contributed by atoms with E-state index in [1.165, 1.54) is 12.3 Å². The zero-order valence-electron chi connectivity index (χ0n) is 9.97. The van der Waals surface area contributed by atoms with Crippen LogP contribution in [-0.4, -0.2) is 13.4 Å². The van der Waals surface area contributed by atoms with Gasteiger partial charge in [0.05, 0.1) is 10.7 Å². The Morgan fingerprint density at radius 1 is 1.30 bits per heavy atom. The Morgan fingerprint density at radius 2 is 2.00 bits per heavy atom. The number of para-hydroxylation sites is 1. The standard InChI is InChI=1S/C11H10BrClN4O2S/c12-8-3-1-2-4-10(8)17-20(18,19)7-5-9(13)11(16-14)15-6-7/h1-6,17H,14H2,(H,15,16). The molecule has 4 N–H and O–H groups in total. The van der Waals surface area contributed by atoms with Crippen molar-refractivity contribution in [2.75, 3.05) is 10.1 Å². The lowest BCUT2D eigenvalue weighted by Gasteiger charge is -2.10. The largest absolute Gasteiger partial charge is 0.307 e. The number of rotatable bonds is 4. The minimum atomic E-state index is -3.78. The van der Waals surface area contributed by atoms with Crippen LogP contribution in [0.15, 0.2) is 45.9 Å². The van der Waals surface area contributed by atoms with Crippen molar-refractivity contribution in [2.24, 2.45) is 5.84 Å². The molecule has 20 heavy (non-hydrogen) atoms. The molecular weight excluding hydrogens is 368 g/mol. The number of hydrazine groups is 1. The monoisotopic (exact) mass is 376 g/mol. The zero-order valence-corrected chi connectivity index (χ0v) is 13.1. The molecule has 0 saturated carbocycles. The average molecular weight is 378 g/mol. The lowest BCUT2D eigenvalue weighted by Crippen LogP contribution is -2.15. The van der Waals surface area contributed by atoms with Gasteiger partial charge >= 0.3 is 0 Å². The third kappa shape index (κ3) is 3.21. The number of benzene rings is 1. The summed E-state index contributed by atoms with van der Waals surface area (Å²) in [5.74, 6) is 5.39. The fourth-order valence-electron chi connectivity index (χ4n) is 1.42. The SMILES string of the molecule is NNc1ncc(S(=O)(=O)Nc2ccccc2Br)cc1Cl. The molecule has 106 valence electrons. The predicted molar refractivity (Wildman–Crippen MR) is 82.0 cm³/mol. The number of nitrogens with zero attached hydrogens (tertiary/aromatic N) is 1. The van der Waals surface area contributed by atoms with E-state index in [9.17, 15) is 8.42 Å². The van der Waals surface area contributed by atoms with Crippen LogP contribution in [0.5, 0.6) is 0 Å². The van der Waals surface area contributed by atoms with Crippen LogP contribution >= 0.6 is 27.5 Å². The highest BCUT2D eigenvalue weighted by atomic mass is 79.9. The number of aromatic nitrogens is 1. The molecule has 1 aromatic heterocycles. The van der Waals surface area contributed by atoms with E-state index in [0.29, 0.717) is 10.2 Å². The van der Waals surface area contributed by atoms with Crippen molar-refractivity contribution in [3.8, 4) is 0 Å². The first kappa shape index (κ1) is 15.0. The topological polar surface area (TPSA) is 97.1 Å². The molecule has 0 atom stereocenters. The number of hydrogen-bond donors (Lipinski definition) is 3. The minimum Gasteiger partial charge on any atom is -0.307 e. The molecule has 0 unspecified atom stereocenters. The van der Waals surface area contributed by atoms with E-state index in [2.05, 4.69) is 31.1 Å². The van der Waals surface area contributed by atoms with Gasteiger partial charge in [-0.05, 0) is 34.1 Å². The van der Waals surface area contributed by atoms with Crippen molar-refractivity contribution >= 4 is 49.1 Å². The van der Waals surface area contributed by atoms with E-state index in [0.717, 1.165) is 0 Å². The van der Waals surface area contributed by atoms with E-state index in [1.54, 1.807) is 24.3 Å². The van der Waals surface area contributed by atoms with Crippen LogP contribution in [0.4, 0.5) is 11.5 Å². The van der Waals surface area contributed by atoms with Crippen molar-refractivity contribution < 1.29 is 8.42 Å². The Labute approximate surface area is 129 Å². The summed E-state index contributed by atoms with van der Waals surface area (Å²) in [5.41, 5.74) is 2.69. The fourth-order valence-corrected chi connectivity index (χ4v) is 3.27. The summed E-state index contributed by atoms with van der Waals surface area (Å²) in [6.45, 7) is 0. The fraction of sp³-hybridized carbons (Fsp3) is 0. The number of sulfonamides is 1. The predicted octanol–water partition coefficient (Wildman–Crippen LogP) is 2.58. The quantitative estimate of drug-likeness (QED) is 0.562. The van der Waals surface area contributed by atoms with Crippen LogP contribution < -0.4 is 16.0 Å². The third-order valence-corrected chi connectivity index (χ3v) is 4.69. The van der Waals surface area contributed by atoms with E-state index >= 15 is 0 Å². The van der Waals surface area contributed by atoms with Crippen LogP contribution in [0.3, 0.4) is 0 Å². The van der Waals surface area contributed by atoms with Crippen molar-refractivity contribution in [1.82, 2.24) is 4.98 Å². The number of nitrogens with two attached hydrogens (primary N) is 1. The summed E-state index contributed by atoms with van der Waals surface area (Å²) in [5, 5.41) is 0.113. The van der Waals surface area contributed by atoms with Gasteiger partial charge in [0.2, 0.25) is 0 Å². The third-order valence-electron chi connectivity index (χ3n) is 2.38. The number of nitrogen functional groups attached to an aromatic ring is 1. The van der Waals surface area contributed by atoms with Gasteiger partial charge in [0.15, 0.2) is 5.82 Å². The normalized spacial score (nSPS) is 11.2. The summed E-state index contributed by atoms with van der Waals surface area (Å²) in [7, 11) is -3.78. The maximum atomic E-state index is 12.2. The molecule has 0 spiro atoms. The minimum absolute atomic E-state index is 0.0581. The van der Waals surface area contributed by atoms with Gasteiger partial charge in [-0.25, -0.2) is 19.2 Å². The molecule has 0 fully saturated rings. The van der Waals surface area contributed by atoms with E-state index < -0.39 is 10.0 Å². The number of halogens is 2. The average Bonchev–Trinajstić information content (AvgIpc) is 2.41. The van der Waals surface area contributed by atoms with Crippen molar-refractivity contribution in [2.45, 2.75) is 4.90 Å². The van der Waals surface area contributed by atoms with Gasteiger partial charge in [-0.15, -0.1) is 0 Å². The Bertz CT molecular complexity index is 739. The molecule has 1 heterocycles. The molecule has 2 rings (SSSR count). The smallest absolute Gasteiger partial charge is 0.263 e. The summed E-state index contributed by atoms with van der Waals surface area (Å²) in [4.78, 5) is 3.77. The highest BCUT2D eigenvalue weighted by Gasteiger charge is 2.17. The van der Waals surface area contributed by atoms with Gasteiger partial charge < -0.3 is 5.43 Å². The molecule has 1 aromatic carbocycles. The highest BCUT2D eigenvalue weighted by Crippen LogP contribution is 2.26. The maximum Gasteiger partial charge on any atom is 0.263 e. The molecule has 6 nitrogen and oxygen atoms in total. The summed E-state index contributed by atoms with van der Waals surface area (Å²) in [6, 6.07) is 8.12. The van der Waals surface area contributed by atoms with Gasteiger partial charge in [-0.1, -0.05) is 23.7 Å². The van der Waals surface area contributed by atoms with Gasteiger partial charge in [-0.3, -0.25) is 4.72 Å². The number of nitrogens with one attached hydrogen (secondary N) is 2. The Balaban J connectivity index is 2.36.